The van der Waals surface area contributed by atoms with E-state index in [0.717, 1.165) is 24.1 Å². The molecule has 1 atom stereocenters. The Balaban J connectivity index is 2.07. The summed E-state index contributed by atoms with van der Waals surface area (Å²) in [5.74, 6) is 0.224. The molecule has 0 aliphatic carbocycles. The van der Waals surface area contributed by atoms with Gasteiger partial charge in [0.15, 0.2) is 0 Å². The first-order chi connectivity index (χ1) is 7.63. The maximum absolute atomic E-state index is 9.48. The number of ether oxygens (including phenoxy) is 1. The van der Waals surface area contributed by atoms with Crippen LogP contribution in [0.25, 0.3) is 0 Å². The molecule has 1 aromatic rings. The molecule has 0 bridgehead atoms. The molecule has 88 valence electrons. The minimum absolute atomic E-state index is 0.206. The van der Waals surface area contributed by atoms with Crippen molar-refractivity contribution in [3.8, 4) is 0 Å². The highest BCUT2D eigenvalue weighted by molar-refractivity contribution is 9.10. The fourth-order valence-corrected chi connectivity index (χ4v) is 2.45. The van der Waals surface area contributed by atoms with Crippen LogP contribution in [0.15, 0.2) is 28.7 Å². The molecule has 0 spiro atoms. The lowest BCUT2D eigenvalue weighted by Gasteiger charge is -2.40. The average Bonchev–Trinajstić information content (AvgIpc) is 2.25. The average molecular weight is 285 g/mol. The van der Waals surface area contributed by atoms with Gasteiger partial charge in [0.05, 0.1) is 13.2 Å². The van der Waals surface area contributed by atoms with Gasteiger partial charge in [-0.25, -0.2) is 0 Å². The third-order valence-corrected chi connectivity index (χ3v) is 3.73. The Kier molecular flexibility index (Phi) is 3.67. The predicted molar refractivity (Wildman–Crippen MR) is 67.5 cm³/mol. The summed E-state index contributed by atoms with van der Waals surface area (Å²) in [6.45, 7) is 4.06. The van der Waals surface area contributed by atoms with E-state index in [1.807, 2.05) is 12.1 Å². The Morgan fingerprint density at radius 1 is 1.38 bits per heavy atom. The van der Waals surface area contributed by atoms with Crippen molar-refractivity contribution in [2.45, 2.75) is 19.3 Å². The van der Waals surface area contributed by atoms with Crippen LogP contribution in [0.1, 0.15) is 24.8 Å². The standard InChI is InChI=1S/C13H17BrO2/c1-13(8-16-9-13)6-11(7-15)10-2-4-12(14)5-3-10/h2-5,11,15H,6-9H2,1H3. The van der Waals surface area contributed by atoms with Gasteiger partial charge in [0.25, 0.3) is 0 Å². The van der Waals surface area contributed by atoms with Gasteiger partial charge in [0.2, 0.25) is 0 Å². The van der Waals surface area contributed by atoms with E-state index in [9.17, 15) is 5.11 Å². The van der Waals surface area contributed by atoms with E-state index in [1.54, 1.807) is 0 Å². The number of hydrogen-bond donors (Lipinski definition) is 1. The molecule has 0 amide bonds. The summed E-state index contributed by atoms with van der Waals surface area (Å²) in [7, 11) is 0. The first kappa shape index (κ1) is 12.1. The largest absolute Gasteiger partial charge is 0.396 e. The van der Waals surface area contributed by atoms with E-state index < -0.39 is 0 Å². The van der Waals surface area contributed by atoms with E-state index in [0.29, 0.717) is 0 Å². The molecule has 2 nitrogen and oxygen atoms in total. The number of hydrogen-bond acceptors (Lipinski definition) is 2. The Labute approximate surface area is 105 Å². The van der Waals surface area contributed by atoms with Crippen LogP contribution in [0.2, 0.25) is 0 Å². The molecule has 1 aromatic carbocycles. The monoisotopic (exact) mass is 284 g/mol. The van der Waals surface area contributed by atoms with Crippen molar-refractivity contribution in [1.29, 1.82) is 0 Å². The second-order valence-electron chi connectivity index (χ2n) is 4.94. The van der Waals surface area contributed by atoms with Gasteiger partial charge in [-0.05, 0) is 24.1 Å². The zero-order valence-electron chi connectivity index (χ0n) is 9.45. The first-order valence-corrected chi connectivity index (χ1v) is 6.36. The minimum Gasteiger partial charge on any atom is -0.396 e. The minimum atomic E-state index is 0.206. The van der Waals surface area contributed by atoms with Crippen molar-refractivity contribution in [3.05, 3.63) is 34.3 Å². The highest BCUT2D eigenvalue weighted by Gasteiger charge is 2.35. The van der Waals surface area contributed by atoms with Gasteiger partial charge < -0.3 is 9.84 Å². The van der Waals surface area contributed by atoms with Gasteiger partial charge in [-0.2, -0.15) is 0 Å². The van der Waals surface area contributed by atoms with Gasteiger partial charge in [0.1, 0.15) is 0 Å². The van der Waals surface area contributed by atoms with Crippen molar-refractivity contribution in [2.24, 2.45) is 5.41 Å². The Hall–Kier alpha value is -0.380. The van der Waals surface area contributed by atoms with Crippen molar-refractivity contribution in [3.63, 3.8) is 0 Å². The topological polar surface area (TPSA) is 29.5 Å². The maximum Gasteiger partial charge on any atom is 0.0542 e. The van der Waals surface area contributed by atoms with Gasteiger partial charge in [-0.1, -0.05) is 35.0 Å². The van der Waals surface area contributed by atoms with Gasteiger partial charge in [-0.15, -0.1) is 0 Å². The summed E-state index contributed by atoms with van der Waals surface area (Å²) in [5.41, 5.74) is 1.46. The van der Waals surface area contributed by atoms with Crippen molar-refractivity contribution < 1.29 is 9.84 Å². The van der Waals surface area contributed by atoms with Crippen LogP contribution < -0.4 is 0 Å². The quantitative estimate of drug-likeness (QED) is 0.921. The molecule has 1 fully saturated rings. The molecule has 3 heteroatoms. The number of rotatable bonds is 4. The van der Waals surface area contributed by atoms with Crippen LogP contribution in [0, 0.1) is 5.41 Å². The van der Waals surface area contributed by atoms with Crippen molar-refractivity contribution >= 4 is 15.9 Å². The zero-order chi connectivity index (χ0) is 11.6. The Morgan fingerprint density at radius 3 is 2.44 bits per heavy atom. The molecule has 2 rings (SSSR count). The lowest BCUT2D eigenvalue weighted by Crippen LogP contribution is -2.41. The Morgan fingerprint density at radius 2 is 2.00 bits per heavy atom. The van der Waals surface area contributed by atoms with Gasteiger partial charge >= 0.3 is 0 Å². The molecule has 1 aliphatic heterocycles. The Bertz CT molecular complexity index is 343. The van der Waals surface area contributed by atoms with E-state index >= 15 is 0 Å². The number of aliphatic hydroxyl groups excluding tert-OH is 1. The lowest BCUT2D eigenvalue weighted by atomic mass is 9.77. The van der Waals surface area contributed by atoms with E-state index in [-0.39, 0.29) is 17.9 Å². The number of benzene rings is 1. The smallest absolute Gasteiger partial charge is 0.0542 e. The first-order valence-electron chi connectivity index (χ1n) is 5.57. The van der Waals surface area contributed by atoms with Crippen LogP contribution in [-0.4, -0.2) is 24.9 Å². The number of halogens is 1. The maximum atomic E-state index is 9.48. The summed E-state index contributed by atoms with van der Waals surface area (Å²) in [6.07, 6.45) is 0.991. The van der Waals surface area contributed by atoms with E-state index in [2.05, 4.69) is 35.0 Å². The molecule has 0 radical (unpaired) electrons. The van der Waals surface area contributed by atoms with E-state index in [1.165, 1.54) is 5.56 Å². The highest BCUT2D eigenvalue weighted by Crippen LogP contribution is 2.37. The molecule has 1 N–H and O–H groups in total. The molecular weight excluding hydrogens is 268 g/mol. The van der Waals surface area contributed by atoms with Crippen LogP contribution in [0.4, 0.5) is 0 Å². The SMILES string of the molecule is CC1(CC(CO)c2ccc(Br)cc2)COC1. The molecular formula is C13H17BrO2. The summed E-state index contributed by atoms with van der Waals surface area (Å²) in [6, 6.07) is 8.21. The summed E-state index contributed by atoms with van der Waals surface area (Å²) >= 11 is 3.42. The lowest BCUT2D eigenvalue weighted by molar-refractivity contribution is -0.110. The van der Waals surface area contributed by atoms with Crippen LogP contribution in [0.3, 0.4) is 0 Å². The van der Waals surface area contributed by atoms with Gasteiger partial charge in [0, 0.05) is 22.4 Å². The van der Waals surface area contributed by atoms with Crippen LogP contribution >= 0.6 is 15.9 Å². The van der Waals surface area contributed by atoms with Crippen LogP contribution in [0.5, 0.6) is 0 Å². The molecule has 0 aromatic heterocycles. The zero-order valence-corrected chi connectivity index (χ0v) is 11.0. The highest BCUT2D eigenvalue weighted by atomic mass is 79.9. The fourth-order valence-electron chi connectivity index (χ4n) is 2.19. The third-order valence-electron chi connectivity index (χ3n) is 3.20. The normalized spacial score (nSPS) is 20.2. The predicted octanol–water partition coefficient (Wildman–Crippen LogP) is 2.95. The second kappa shape index (κ2) is 4.86. The van der Waals surface area contributed by atoms with Crippen molar-refractivity contribution in [1.82, 2.24) is 0 Å². The fraction of sp³-hybridized carbons (Fsp3) is 0.538. The third kappa shape index (κ3) is 2.65. The number of aliphatic hydroxyl groups is 1. The van der Waals surface area contributed by atoms with Gasteiger partial charge in [-0.3, -0.25) is 0 Å². The summed E-state index contributed by atoms with van der Waals surface area (Å²) in [4.78, 5) is 0. The summed E-state index contributed by atoms with van der Waals surface area (Å²) < 4.78 is 6.32. The van der Waals surface area contributed by atoms with E-state index in [4.69, 9.17) is 4.74 Å². The molecule has 1 aliphatic rings. The summed E-state index contributed by atoms with van der Waals surface area (Å²) in [5, 5.41) is 9.48. The molecule has 1 saturated heterocycles. The second-order valence-corrected chi connectivity index (χ2v) is 5.85. The van der Waals surface area contributed by atoms with Crippen molar-refractivity contribution in [2.75, 3.05) is 19.8 Å². The molecule has 16 heavy (non-hydrogen) atoms. The molecule has 0 saturated carbocycles. The van der Waals surface area contributed by atoms with Crippen LogP contribution in [-0.2, 0) is 4.74 Å². The molecule has 1 unspecified atom stereocenters. The molecule has 1 heterocycles.